The third kappa shape index (κ3) is 5.52. The number of aryl methyl sites for hydroxylation is 1. The van der Waals surface area contributed by atoms with Gasteiger partial charge in [0.1, 0.15) is 0 Å². The molecule has 9 nitrogen and oxygen atoms in total. The molecular weight excluding hydrogens is 444 g/mol. The van der Waals surface area contributed by atoms with Gasteiger partial charge in [0.05, 0.1) is 21.4 Å². The molecule has 1 aliphatic heterocycles. The van der Waals surface area contributed by atoms with Crippen molar-refractivity contribution < 1.29 is 18.1 Å². The summed E-state index contributed by atoms with van der Waals surface area (Å²) in [6, 6.07) is 11.6. The molecule has 0 atom stereocenters. The topological polar surface area (TPSA) is 113 Å². The van der Waals surface area contributed by atoms with E-state index in [4.69, 9.17) is 11.6 Å². The van der Waals surface area contributed by atoms with Crippen molar-refractivity contribution in [3.05, 3.63) is 68.7 Å². The van der Waals surface area contributed by atoms with Gasteiger partial charge in [-0.2, -0.15) is 4.31 Å². The van der Waals surface area contributed by atoms with Gasteiger partial charge < -0.3 is 10.2 Å². The molecule has 0 aliphatic carbocycles. The largest absolute Gasteiger partial charge is 0.368 e. The van der Waals surface area contributed by atoms with Gasteiger partial charge in [-0.05, 0) is 25.1 Å². The summed E-state index contributed by atoms with van der Waals surface area (Å²) in [5.74, 6) is -0.805. The first-order valence-electron chi connectivity index (χ1n) is 9.69. The SMILES string of the molecule is Cc1ccc(C(=O)NCCS(=O)(=O)N2CCN(c3ccccc3Cl)CC2)cc1[N+](=O)[O-]. The highest BCUT2D eigenvalue weighted by atomic mass is 35.5. The van der Waals surface area contributed by atoms with Gasteiger partial charge in [0.15, 0.2) is 0 Å². The maximum atomic E-state index is 12.6. The summed E-state index contributed by atoms with van der Waals surface area (Å²) >= 11 is 6.22. The van der Waals surface area contributed by atoms with Crippen molar-refractivity contribution in [1.82, 2.24) is 9.62 Å². The predicted molar refractivity (Wildman–Crippen MR) is 119 cm³/mol. The number of halogens is 1. The monoisotopic (exact) mass is 466 g/mol. The Morgan fingerprint density at radius 3 is 2.48 bits per heavy atom. The molecule has 1 saturated heterocycles. The number of nitrogens with zero attached hydrogens (tertiary/aromatic N) is 3. The number of para-hydroxylation sites is 1. The number of amides is 1. The van der Waals surface area contributed by atoms with Crippen LogP contribution in [0.15, 0.2) is 42.5 Å². The van der Waals surface area contributed by atoms with Crippen LogP contribution in [0.4, 0.5) is 11.4 Å². The molecule has 1 amide bonds. The molecule has 1 aliphatic rings. The molecule has 0 radical (unpaired) electrons. The summed E-state index contributed by atoms with van der Waals surface area (Å²) < 4.78 is 26.7. The standard InChI is InChI=1S/C20H23ClN4O5S/c1-15-6-7-16(14-19(15)25(27)28)20(26)22-8-13-31(29,30)24-11-9-23(10-12-24)18-5-3-2-4-17(18)21/h2-7,14H,8-13H2,1H3,(H,22,26). The molecule has 0 spiro atoms. The molecule has 1 fully saturated rings. The summed E-state index contributed by atoms with van der Waals surface area (Å²) in [5, 5.41) is 14.2. The molecular formula is C20H23ClN4O5S. The summed E-state index contributed by atoms with van der Waals surface area (Å²) in [4.78, 5) is 24.8. The molecule has 0 bridgehead atoms. The Morgan fingerprint density at radius 1 is 1.16 bits per heavy atom. The van der Waals surface area contributed by atoms with Crippen molar-refractivity contribution in [3.63, 3.8) is 0 Å². The van der Waals surface area contributed by atoms with Crippen molar-refractivity contribution in [2.75, 3.05) is 43.4 Å². The van der Waals surface area contributed by atoms with Crippen molar-refractivity contribution in [2.45, 2.75) is 6.92 Å². The number of benzene rings is 2. The third-order valence-electron chi connectivity index (χ3n) is 5.14. The second-order valence-corrected chi connectivity index (χ2v) is 9.66. The van der Waals surface area contributed by atoms with E-state index in [1.165, 1.54) is 22.5 Å². The minimum absolute atomic E-state index is 0.0897. The fraction of sp³-hybridized carbons (Fsp3) is 0.350. The van der Waals surface area contributed by atoms with Gasteiger partial charge in [-0.3, -0.25) is 14.9 Å². The summed E-state index contributed by atoms with van der Waals surface area (Å²) in [6.45, 7) is 3.17. The molecule has 0 saturated carbocycles. The number of carbonyl (C=O) groups is 1. The Balaban J connectivity index is 1.53. The van der Waals surface area contributed by atoms with Crippen LogP contribution in [0.3, 0.4) is 0 Å². The van der Waals surface area contributed by atoms with E-state index in [9.17, 15) is 23.3 Å². The van der Waals surface area contributed by atoms with Crippen LogP contribution in [0, 0.1) is 17.0 Å². The highest BCUT2D eigenvalue weighted by Gasteiger charge is 2.27. The van der Waals surface area contributed by atoms with Crippen molar-refractivity contribution in [3.8, 4) is 0 Å². The predicted octanol–water partition coefficient (Wildman–Crippen LogP) is 2.44. The lowest BCUT2D eigenvalue weighted by molar-refractivity contribution is -0.385. The molecule has 31 heavy (non-hydrogen) atoms. The number of rotatable bonds is 7. The number of piperazine rings is 1. The van der Waals surface area contributed by atoms with E-state index in [0.29, 0.717) is 36.8 Å². The summed E-state index contributed by atoms with van der Waals surface area (Å²) in [6.07, 6.45) is 0. The first kappa shape index (κ1) is 23.0. The Labute approximate surface area is 185 Å². The van der Waals surface area contributed by atoms with Crippen molar-refractivity contribution in [2.24, 2.45) is 0 Å². The van der Waals surface area contributed by atoms with E-state index in [-0.39, 0.29) is 23.5 Å². The molecule has 0 aromatic heterocycles. The third-order valence-corrected chi connectivity index (χ3v) is 7.33. The quantitative estimate of drug-likeness (QED) is 0.495. The Kier molecular flexibility index (Phi) is 7.14. The number of hydrogen-bond acceptors (Lipinski definition) is 6. The molecule has 0 unspecified atom stereocenters. The molecule has 1 heterocycles. The van der Waals surface area contributed by atoms with E-state index in [0.717, 1.165) is 5.69 Å². The Bertz CT molecular complexity index is 1080. The Hall–Kier alpha value is -2.69. The zero-order valence-corrected chi connectivity index (χ0v) is 18.5. The number of carbonyl (C=O) groups excluding carboxylic acids is 1. The van der Waals surface area contributed by atoms with Crippen molar-refractivity contribution >= 4 is 38.9 Å². The first-order valence-corrected chi connectivity index (χ1v) is 11.7. The number of nitro groups is 1. The minimum atomic E-state index is -3.55. The maximum Gasteiger partial charge on any atom is 0.273 e. The Morgan fingerprint density at radius 2 is 1.84 bits per heavy atom. The number of anilines is 1. The normalized spacial score (nSPS) is 15.0. The smallest absolute Gasteiger partial charge is 0.273 e. The minimum Gasteiger partial charge on any atom is -0.368 e. The average molecular weight is 467 g/mol. The number of sulfonamides is 1. The van der Waals surface area contributed by atoms with Crippen LogP contribution in [-0.2, 0) is 10.0 Å². The second-order valence-electron chi connectivity index (χ2n) is 7.17. The summed E-state index contributed by atoms with van der Waals surface area (Å²) in [7, 11) is -3.55. The molecule has 2 aromatic rings. The van der Waals surface area contributed by atoms with Gasteiger partial charge in [-0.15, -0.1) is 0 Å². The van der Waals surface area contributed by atoms with E-state index in [1.807, 2.05) is 23.1 Å². The fourth-order valence-corrected chi connectivity index (χ4v) is 4.98. The molecule has 2 aromatic carbocycles. The van der Waals surface area contributed by atoms with Crippen LogP contribution in [0.2, 0.25) is 5.02 Å². The number of nitrogens with one attached hydrogen (secondary N) is 1. The van der Waals surface area contributed by atoms with E-state index < -0.39 is 20.9 Å². The maximum absolute atomic E-state index is 12.6. The highest BCUT2D eigenvalue weighted by molar-refractivity contribution is 7.89. The fourth-order valence-electron chi connectivity index (χ4n) is 3.39. The van der Waals surface area contributed by atoms with Crippen LogP contribution in [0.5, 0.6) is 0 Å². The van der Waals surface area contributed by atoms with E-state index >= 15 is 0 Å². The van der Waals surface area contributed by atoms with E-state index in [2.05, 4.69) is 5.32 Å². The van der Waals surface area contributed by atoms with Crippen LogP contribution in [0.1, 0.15) is 15.9 Å². The van der Waals surface area contributed by atoms with Gasteiger partial charge >= 0.3 is 0 Å². The molecule has 3 rings (SSSR count). The van der Waals surface area contributed by atoms with Crippen molar-refractivity contribution in [1.29, 1.82) is 0 Å². The van der Waals surface area contributed by atoms with Gasteiger partial charge in [0.25, 0.3) is 11.6 Å². The van der Waals surface area contributed by atoms with Gasteiger partial charge in [-0.25, -0.2) is 8.42 Å². The zero-order chi connectivity index (χ0) is 22.6. The lowest BCUT2D eigenvalue weighted by Gasteiger charge is -2.35. The molecule has 166 valence electrons. The average Bonchev–Trinajstić information content (AvgIpc) is 2.74. The van der Waals surface area contributed by atoms with E-state index in [1.54, 1.807) is 13.0 Å². The van der Waals surface area contributed by atoms with Gasteiger partial charge in [-0.1, -0.05) is 29.8 Å². The summed E-state index contributed by atoms with van der Waals surface area (Å²) in [5.41, 5.74) is 1.28. The van der Waals surface area contributed by atoms with Gasteiger partial charge in [0.2, 0.25) is 10.0 Å². The van der Waals surface area contributed by atoms with Crippen LogP contribution in [-0.4, -0.2) is 62.0 Å². The number of hydrogen-bond donors (Lipinski definition) is 1. The van der Waals surface area contributed by atoms with Crippen LogP contribution >= 0.6 is 11.6 Å². The van der Waals surface area contributed by atoms with Crippen LogP contribution < -0.4 is 10.2 Å². The van der Waals surface area contributed by atoms with Crippen LogP contribution in [0.25, 0.3) is 0 Å². The molecule has 11 heteroatoms. The number of nitro benzene ring substituents is 1. The second kappa shape index (κ2) is 9.63. The molecule has 1 N–H and O–H groups in total. The first-order chi connectivity index (χ1) is 14.7. The zero-order valence-electron chi connectivity index (χ0n) is 17.0. The lowest BCUT2D eigenvalue weighted by atomic mass is 10.1. The lowest BCUT2D eigenvalue weighted by Crippen LogP contribution is -2.50. The van der Waals surface area contributed by atoms with Gasteiger partial charge in [0, 0.05) is 49.9 Å². The highest BCUT2D eigenvalue weighted by Crippen LogP contribution is 2.26.